The fourth-order valence-electron chi connectivity index (χ4n) is 3.31. The molecule has 5 N–H and O–H groups in total. The number of hydrogen-bond acceptors (Lipinski definition) is 5. The Morgan fingerprint density at radius 2 is 1.86 bits per heavy atom. The van der Waals surface area contributed by atoms with E-state index in [-0.39, 0.29) is 34.7 Å². The van der Waals surface area contributed by atoms with Crippen LogP contribution in [0.25, 0.3) is 0 Å². The first-order chi connectivity index (χ1) is 13.4. The van der Waals surface area contributed by atoms with Crippen LogP contribution in [0.1, 0.15) is 44.7 Å². The van der Waals surface area contributed by atoms with E-state index in [4.69, 9.17) is 5.73 Å². The maximum atomic E-state index is 14.3. The van der Waals surface area contributed by atoms with Crippen molar-refractivity contribution in [3.8, 4) is 5.75 Å². The lowest BCUT2D eigenvalue weighted by Crippen LogP contribution is -2.50. The third-order valence-electron chi connectivity index (χ3n) is 5.03. The molecule has 7 heteroatoms. The molecule has 2 atom stereocenters. The van der Waals surface area contributed by atoms with Gasteiger partial charge in [-0.2, -0.15) is 0 Å². The largest absolute Gasteiger partial charge is 0.507 e. The summed E-state index contributed by atoms with van der Waals surface area (Å²) in [7, 11) is 0. The highest BCUT2D eigenvalue weighted by Crippen LogP contribution is 2.26. The average Bonchev–Trinajstić information content (AvgIpc) is 2.89. The second kappa shape index (κ2) is 8.50. The van der Waals surface area contributed by atoms with E-state index in [0.717, 1.165) is 19.4 Å². The summed E-state index contributed by atoms with van der Waals surface area (Å²) in [5.41, 5.74) is 6.57. The number of phenolic OH excluding ortho intramolecular Hbond substituents is 1. The summed E-state index contributed by atoms with van der Waals surface area (Å²) in [6.07, 6.45) is 1.72. The predicted octanol–water partition coefficient (Wildman–Crippen LogP) is 1.88. The topological polar surface area (TPSA) is 104 Å². The van der Waals surface area contributed by atoms with Crippen molar-refractivity contribution in [1.82, 2.24) is 10.6 Å². The zero-order valence-corrected chi connectivity index (χ0v) is 15.7. The lowest BCUT2D eigenvalue weighted by molar-refractivity contribution is 0.0928. The molecule has 2 aromatic carbocycles. The second-order valence-corrected chi connectivity index (χ2v) is 7.09. The number of carbonyl (C=O) groups is 2. The van der Waals surface area contributed by atoms with Crippen molar-refractivity contribution in [1.29, 1.82) is 0 Å². The van der Waals surface area contributed by atoms with Gasteiger partial charge in [-0.3, -0.25) is 9.59 Å². The van der Waals surface area contributed by atoms with Crippen LogP contribution in [0.3, 0.4) is 0 Å². The Balaban J connectivity index is 1.75. The number of ketones is 1. The first-order valence-electron chi connectivity index (χ1n) is 9.28. The predicted molar refractivity (Wildman–Crippen MR) is 104 cm³/mol. The molecule has 0 saturated carbocycles. The zero-order chi connectivity index (χ0) is 20.3. The Labute approximate surface area is 162 Å². The smallest absolute Gasteiger partial charge is 0.251 e. The molecular weight excluding hydrogens is 361 g/mol. The van der Waals surface area contributed by atoms with Crippen molar-refractivity contribution in [3.63, 3.8) is 0 Å². The molecule has 1 heterocycles. The summed E-state index contributed by atoms with van der Waals surface area (Å²) in [4.78, 5) is 25.1. The van der Waals surface area contributed by atoms with Gasteiger partial charge < -0.3 is 21.5 Å². The van der Waals surface area contributed by atoms with Gasteiger partial charge in [0.2, 0.25) is 0 Å². The molecule has 28 heavy (non-hydrogen) atoms. The number of nitrogens with one attached hydrogen (secondary N) is 2. The number of aromatic hydroxyl groups is 1. The maximum Gasteiger partial charge on any atom is 0.251 e. The van der Waals surface area contributed by atoms with Gasteiger partial charge in [-0.05, 0) is 50.1 Å². The molecule has 0 spiro atoms. The van der Waals surface area contributed by atoms with E-state index < -0.39 is 17.3 Å². The lowest BCUT2D eigenvalue weighted by atomic mass is 9.98. The number of halogens is 1. The van der Waals surface area contributed by atoms with Crippen LogP contribution in [-0.4, -0.2) is 42.0 Å². The molecule has 0 radical (unpaired) electrons. The minimum atomic E-state index is -0.747. The minimum Gasteiger partial charge on any atom is -0.507 e. The summed E-state index contributed by atoms with van der Waals surface area (Å²) in [6, 6.07) is 8.32. The summed E-state index contributed by atoms with van der Waals surface area (Å²) >= 11 is 0. The quantitative estimate of drug-likeness (QED) is 0.602. The van der Waals surface area contributed by atoms with Gasteiger partial charge >= 0.3 is 0 Å². The molecule has 6 nitrogen and oxygen atoms in total. The minimum absolute atomic E-state index is 0.123. The van der Waals surface area contributed by atoms with Crippen molar-refractivity contribution in [3.05, 3.63) is 64.5 Å². The normalized spacial score (nSPS) is 19.7. The summed E-state index contributed by atoms with van der Waals surface area (Å²) < 4.78 is 14.3. The van der Waals surface area contributed by atoms with Gasteiger partial charge in [0.15, 0.2) is 5.78 Å². The second-order valence-electron chi connectivity index (χ2n) is 7.09. The molecule has 2 aromatic rings. The fraction of sp³-hybridized carbons (Fsp3) is 0.333. The number of benzene rings is 2. The molecule has 0 aromatic heterocycles. The number of hydrogen-bond donors (Lipinski definition) is 4. The third-order valence-corrected chi connectivity index (χ3v) is 5.03. The molecule has 1 amide bonds. The Kier molecular flexibility index (Phi) is 6.06. The summed E-state index contributed by atoms with van der Waals surface area (Å²) in [5, 5.41) is 16.0. The molecule has 1 aliphatic heterocycles. The van der Waals surface area contributed by atoms with Crippen molar-refractivity contribution in [2.75, 3.05) is 13.1 Å². The van der Waals surface area contributed by atoms with Crippen molar-refractivity contribution < 1.29 is 19.1 Å². The van der Waals surface area contributed by atoms with E-state index >= 15 is 0 Å². The van der Waals surface area contributed by atoms with E-state index in [0.29, 0.717) is 12.1 Å². The van der Waals surface area contributed by atoms with Crippen molar-refractivity contribution >= 4 is 11.7 Å². The van der Waals surface area contributed by atoms with Gasteiger partial charge in [-0.25, -0.2) is 4.39 Å². The monoisotopic (exact) mass is 385 g/mol. The summed E-state index contributed by atoms with van der Waals surface area (Å²) in [6.45, 7) is 3.04. The number of carbonyl (C=O) groups excluding carboxylic acids is 2. The molecule has 148 valence electrons. The van der Waals surface area contributed by atoms with Crippen LogP contribution in [0.5, 0.6) is 5.75 Å². The van der Waals surface area contributed by atoms with Gasteiger partial charge in [0.1, 0.15) is 17.1 Å². The number of amides is 1. The molecular formula is C21H24FN3O3. The number of aryl methyl sites for hydroxylation is 1. The van der Waals surface area contributed by atoms with E-state index in [2.05, 4.69) is 10.6 Å². The highest BCUT2D eigenvalue weighted by atomic mass is 19.1. The van der Waals surface area contributed by atoms with Crippen LogP contribution in [0.15, 0.2) is 36.4 Å². The highest BCUT2D eigenvalue weighted by Gasteiger charge is 2.23. The average molecular weight is 385 g/mol. The standard InChI is InChI=1S/C21H24FN3O3/c1-12-4-9-17(26)18(19(12)22)20(27)13-5-7-14(8-6-13)21(28)25-16-3-2-10-24-11-15(16)23/h4-9,15-16,24,26H,2-3,10-11,23H2,1H3,(H,25,28)/t15-,16-/m1/s1. The van der Waals surface area contributed by atoms with Crippen molar-refractivity contribution in [2.24, 2.45) is 5.73 Å². The molecule has 1 fully saturated rings. The van der Waals surface area contributed by atoms with Crippen molar-refractivity contribution in [2.45, 2.75) is 31.8 Å². The first kappa shape index (κ1) is 20.0. The van der Waals surface area contributed by atoms with E-state index in [1.807, 2.05) is 0 Å². The summed E-state index contributed by atoms with van der Waals surface area (Å²) in [5.74, 6) is -2.07. The first-order valence-corrected chi connectivity index (χ1v) is 9.28. The van der Waals surface area contributed by atoms with Crippen LogP contribution in [0.4, 0.5) is 4.39 Å². The van der Waals surface area contributed by atoms with Crippen LogP contribution < -0.4 is 16.4 Å². The van der Waals surface area contributed by atoms with Gasteiger partial charge in [0.05, 0.1) is 0 Å². The van der Waals surface area contributed by atoms with Gasteiger partial charge in [-0.1, -0.05) is 18.2 Å². The van der Waals surface area contributed by atoms with Crippen LogP contribution in [0.2, 0.25) is 0 Å². The number of nitrogens with two attached hydrogens (primary N) is 1. The molecule has 1 aliphatic rings. The Morgan fingerprint density at radius 3 is 2.57 bits per heavy atom. The van der Waals surface area contributed by atoms with E-state index in [1.165, 1.54) is 43.3 Å². The lowest BCUT2D eigenvalue weighted by Gasteiger charge is -2.22. The SMILES string of the molecule is Cc1ccc(O)c(C(=O)c2ccc(C(=O)N[C@@H]3CCCNC[C@H]3N)cc2)c1F. The Morgan fingerprint density at radius 1 is 1.18 bits per heavy atom. The molecule has 0 unspecified atom stereocenters. The molecule has 0 aliphatic carbocycles. The third kappa shape index (κ3) is 4.21. The fourth-order valence-corrected chi connectivity index (χ4v) is 3.31. The van der Waals surface area contributed by atoms with Crippen LogP contribution >= 0.6 is 0 Å². The molecule has 3 rings (SSSR count). The Bertz CT molecular complexity index is 883. The van der Waals surface area contributed by atoms with Gasteiger partial charge in [0, 0.05) is 29.8 Å². The van der Waals surface area contributed by atoms with Gasteiger partial charge in [0.25, 0.3) is 5.91 Å². The zero-order valence-electron chi connectivity index (χ0n) is 15.7. The van der Waals surface area contributed by atoms with E-state index in [1.54, 1.807) is 0 Å². The highest BCUT2D eigenvalue weighted by molar-refractivity contribution is 6.11. The van der Waals surface area contributed by atoms with Crippen LogP contribution in [0, 0.1) is 12.7 Å². The van der Waals surface area contributed by atoms with Gasteiger partial charge in [-0.15, -0.1) is 0 Å². The Hall–Kier alpha value is -2.77. The van der Waals surface area contributed by atoms with E-state index in [9.17, 15) is 19.1 Å². The maximum absolute atomic E-state index is 14.3. The van der Waals surface area contributed by atoms with Crippen LogP contribution in [-0.2, 0) is 0 Å². The number of rotatable bonds is 4. The molecule has 1 saturated heterocycles. The number of phenols is 1. The molecule has 0 bridgehead atoms.